The van der Waals surface area contributed by atoms with Crippen molar-refractivity contribution in [3.8, 4) is 5.75 Å². The molecule has 0 radical (unpaired) electrons. The summed E-state index contributed by atoms with van der Waals surface area (Å²) < 4.78 is 73.7. The summed E-state index contributed by atoms with van der Waals surface area (Å²) in [5.41, 5.74) is 0. The average molecular weight is 406 g/mol. The van der Waals surface area contributed by atoms with Crippen molar-refractivity contribution in [2.24, 2.45) is 0 Å². The second kappa shape index (κ2) is 8.32. The van der Waals surface area contributed by atoms with Crippen LogP contribution in [0.2, 0.25) is 0 Å². The predicted octanol–water partition coefficient (Wildman–Crippen LogP) is 3.24. The maximum Gasteiger partial charge on any atom is 0.573 e. The number of aryl methyl sites for hydroxylation is 1. The van der Waals surface area contributed by atoms with E-state index in [-0.39, 0.29) is 18.0 Å². The Kier molecular flexibility index (Phi) is 6.55. The number of benzene rings is 1. The fourth-order valence-electron chi connectivity index (χ4n) is 2.32. The number of rotatable bonds is 8. The molecule has 0 aliphatic rings. The molecule has 0 fully saturated rings. The summed E-state index contributed by atoms with van der Waals surface area (Å²) in [5, 5.41) is 0. The third-order valence-electron chi connectivity index (χ3n) is 3.60. The summed E-state index contributed by atoms with van der Waals surface area (Å²) in [7, 11) is -0.482. The van der Waals surface area contributed by atoms with Gasteiger partial charge < -0.3 is 14.1 Å². The lowest BCUT2D eigenvalue weighted by Crippen LogP contribution is -2.36. The SMILES string of the molecule is Cc1ccc(CN(CCN(C)C)S(=O)(=O)c2cccc(OC(F)(F)F)c2)o1. The van der Waals surface area contributed by atoms with Gasteiger partial charge in [0.15, 0.2) is 0 Å². The first-order valence-corrected chi connectivity index (χ1v) is 9.47. The van der Waals surface area contributed by atoms with Gasteiger partial charge in [-0.15, -0.1) is 13.2 Å². The van der Waals surface area contributed by atoms with E-state index in [2.05, 4.69) is 4.74 Å². The fraction of sp³-hybridized carbons (Fsp3) is 0.412. The van der Waals surface area contributed by atoms with E-state index >= 15 is 0 Å². The summed E-state index contributed by atoms with van der Waals surface area (Å²) in [6, 6.07) is 7.72. The van der Waals surface area contributed by atoms with E-state index in [1.54, 1.807) is 38.1 Å². The number of furan rings is 1. The molecule has 2 aromatic rings. The molecule has 1 heterocycles. The van der Waals surface area contributed by atoms with Crippen LogP contribution in [-0.2, 0) is 16.6 Å². The molecular formula is C17H21F3N2O4S. The monoisotopic (exact) mass is 406 g/mol. The normalized spacial score (nSPS) is 12.7. The van der Waals surface area contributed by atoms with Crippen LogP contribution in [0.1, 0.15) is 11.5 Å². The van der Waals surface area contributed by atoms with Gasteiger partial charge in [0.05, 0.1) is 11.4 Å². The van der Waals surface area contributed by atoms with Gasteiger partial charge in [-0.3, -0.25) is 0 Å². The molecule has 150 valence electrons. The van der Waals surface area contributed by atoms with Crippen molar-refractivity contribution in [1.29, 1.82) is 0 Å². The van der Waals surface area contributed by atoms with Gasteiger partial charge in [-0.1, -0.05) is 6.07 Å². The molecule has 0 aliphatic heterocycles. The summed E-state index contributed by atoms with van der Waals surface area (Å²) in [6.45, 7) is 2.27. The molecule has 10 heteroatoms. The molecule has 27 heavy (non-hydrogen) atoms. The first-order valence-electron chi connectivity index (χ1n) is 8.03. The van der Waals surface area contributed by atoms with Crippen molar-refractivity contribution in [2.75, 3.05) is 27.2 Å². The Labute approximate surface area is 156 Å². The van der Waals surface area contributed by atoms with E-state index < -0.39 is 22.1 Å². The van der Waals surface area contributed by atoms with Crippen molar-refractivity contribution in [3.05, 3.63) is 47.9 Å². The molecule has 6 nitrogen and oxygen atoms in total. The van der Waals surface area contributed by atoms with Crippen molar-refractivity contribution < 1.29 is 30.7 Å². The molecule has 0 N–H and O–H groups in total. The van der Waals surface area contributed by atoms with Crippen LogP contribution in [-0.4, -0.2) is 51.2 Å². The Balaban J connectivity index is 2.32. The molecular weight excluding hydrogens is 385 g/mol. The first-order chi connectivity index (χ1) is 12.5. The van der Waals surface area contributed by atoms with Crippen LogP contribution in [0.5, 0.6) is 5.75 Å². The van der Waals surface area contributed by atoms with Gasteiger partial charge in [-0.2, -0.15) is 4.31 Å². The predicted molar refractivity (Wildman–Crippen MR) is 92.7 cm³/mol. The molecule has 0 saturated carbocycles. The lowest BCUT2D eigenvalue weighted by Gasteiger charge is -2.23. The summed E-state index contributed by atoms with van der Waals surface area (Å²) in [4.78, 5) is 1.52. The van der Waals surface area contributed by atoms with Crippen LogP contribution in [0.3, 0.4) is 0 Å². The highest BCUT2D eigenvalue weighted by Crippen LogP contribution is 2.27. The van der Waals surface area contributed by atoms with Crippen molar-refractivity contribution in [1.82, 2.24) is 9.21 Å². The van der Waals surface area contributed by atoms with Crippen LogP contribution in [0.4, 0.5) is 13.2 Å². The van der Waals surface area contributed by atoms with Gasteiger partial charge in [0, 0.05) is 19.2 Å². The molecule has 0 atom stereocenters. The van der Waals surface area contributed by atoms with Gasteiger partial charge in [0.2, 0.25) is 10.0 Å². The minimum atomic E-state index is -4.90. The third-order valence-corrected chi connectivity index (χ3v) is 5.44. The van der Waals surface area contributed by atoms with E-state index in [1.165, 1.54) is 12.1 Å². The standard InChI is InChI=1S/C17H21F3N2O4S/c1-13-7-8-15(25-13)12-22(10-9-21(2)3)27(23,24)16-6-4-5-14(11-16)26-17(18,19)20/h4-8,11H,9-10,12H2,1-3H3. The summed E-state index contributed by atoms with van der Waals surface area (Å²) >= 11 is 0. The third kappa shape index (κ3) is 6.26. The number of ether oxygens (including phenoxy) is 1. The maximum absolute atomic E-state index is 13.0. The first kappa shape index (κ1) is 21.3. The number of likely N-dealkylation sites (N-methyl/N-ethyl adjacent to an activating group) is 1. The fourth-order valence-corrected chi connectivity index (χ4v) is 3.75. The zero-order valence-corrected chi connectivity index (χ0v) is 16.0. The van der Waals surface area contributed by atoms with E-state index in [4.69, 9.17) is 4.42 Å². The number of alkyl halides is 3. The highest BCUT2D eigenvalue weighted by molar-refractivity contribution is 7.89. The Morgan fingerprint density at radius 2 is 1.81 bits per heavy atom. The highest BCUT2D eigenvalue weighted by atomic mass is 32.2. The number of hydrogen-bond donors (Lipinski definition) is 0. The van der Waals surface area contributed by atoms with Gasteiger partial charge in [0.1, 0.15) is 17.3 Å². The zero-order chi connectivity index (χ0) is 20.2. The van der Waals surface area contributed by atoms with Crippen molar-refractivity contribution >= 4 is 10.0 Å². The van der Waals surface area contributed by atoms with Crippen LogP contribution in [0.25, 0.3) is 0 Å². The molecule has 0 bridgehead atoms. The number of hydrogen-bond acceptors (Lipinski definition) is 5. The second-order valence-electron chi connectivity index (χ2n) is 6.18. The van der Waals surface area contributed by atoms with Gasteiger partial charge in [0.25, 0.3) is 0 Å². The quantitative estimate of drug-likeness (QED) is 0.674. The molecule has 0 amide bonds. The lowest BCUT2D eigenvalue weighted by molar-refractivity contribution is -0.274. The van der Waals surface area contributed by atoms with Crippen molar-refractivity contribution in [2.45, 2.75) is 24.7 Å². The molecule has 0 aliphatic carbocycles. The molecule has 0 spiro atoms. The van der Waals surface area contributed by atoms with E-state index in [1.807, 2.05) is 0 Å². The minimum absolute atomic E-state index is 0.0334. The summed E-state index contributed by atoms with van der Waals surface area (Å²) in [6.07, 6.45) is -4.90. The second-order valence-corrected chi connectivity index (χ2v) is 8.11. The van der Waals surface area contributed by atoms with E-state index in [0.29, 0.717) is 18.1 Å². The number of halogens is 3. The minimum Gasteiger partial charge on any atom is -0.465 e. The van der Waals surface area contributed by atoms with Crippen LogP contribution < -0.4 is 4.74 Å². The van der Waals surface area contributed by atoms with Gasteiger partial charge in [-0.25, -0.2) is 8.42 Å². The Hall–Kier alpha value is -2.04. The lowest BCUT2D eigenvalue weighted by atomic mass is 10.3. The van der Waals surface area contributed by atoms with Crippen LogP contribution in [0, 0.1) is 6.92 Å². The van der Waals surface area contributed by atoms with Crippen LogP contribution >= 0.6 is 0 Å². The Bertz CT molecular complexity index is 863. The Morgan fingerprint density at radius 3 is 2.37 bits per heavy atom. The highest BCUT2D eigenvalue weighted by Gasteiger charge is 2.32. The van der Waals surface area contributed by atoms with E-state index in [0.717, 1.165) is 16.4 Å². The summed E-state index contributed by atoms with van der Waals surface area (Å²) in [5.74, 6) is 0.484. The van der Waals surface area contributed by atoms with E-state index in [9.17, 15) is 21.6 Å². The Morgan fingerprint density at radius 1 is 1.11 bits per heavy atom. The van der Waals surface area contributed by atoms with Crippen LogP contribution in [0.15, 0.2) is 45.7 Å². The molecule has 1 aromatic heterocycles. The van der Waals surface area contributed by atoms with Gasteiger partial charge in [-0.05, 0) is 45.3 Å². The molecule has 0 unspecified atom stereocenters. The van der Waals surface area contributed by atoms with Crippen molar-refractivity contribution in [3.63, 3.8) is 0 Å². The zero-order valence-electron chi connectivity index (χ0n) is 15.2. The smallest absolute Gasteiger partial charge is 0.465 e. The average Bonchev–Trinajstić information content (AvgIpc) is 2.95. The van der Waals surface area contributed by atoms with Gasteiger partial charge >= 0.3 is 6.36 Å². The maximum atomic E-state index is 13.0. The number of sulfonamides is 1. The largest absolute Gasteiger partial charge is 0.573 e. The molecule has 2 rings (SSSR count). The topological polar surface area (TPSA) is 63.0 Å². The molecule has 0 saturated heterocycles. The number of nitrogens with zero attached hydrogens (tertiary/aromatic N) is 2. The molecule has 1 aromatic carbocycles.